The van der Waals surface area contributed by atoms with E-state index in [4.69, 9.17) is 23.7 Å². The Morgan fingerprint density at radius 2 is 1.82 bits per heavy atom. The SMILES string of the molecule is CC[N+]1([O-])CC2(COC)CCC(O)[C@@]34C5C[C@@H]6C(OC)C[C@](OC(C)=O)(C(C(OC)C23)C41)C5[C@H]6OC(C)=O. The Bertz CT molecular complexity index is 1010. The highest BCUT2D eigenvalue weighted by Gasteiger charge is 2.90. The number of aliphatic hydroxyl groups is 1. The van der Waals surface area contributed by atoms with Crippen LogP contribution < -0.4 is 0 Å². The Labute approximate surface area is 224 Å². The summed E-state index contributed by atoms with van der Waals surface area (Å²) < 4.78 is 30.2. The third kappa shape index (κ3) is 2.94. The topological polar surface area (TPSA) is 124 Å². The molecule has 10 heteroatoms. The van der Waals surface area contributed by atoms with Gasteiger partial charge in [0.2, 0.25) is 0 Å². The van der Waals surface area contributed by atoms with Crippen molar-refractivity contribution in [2.45, 2.75) is 82.5 Å². The lowest BCUT2D eigenvalue weighted by molar-refractivity contribution is -0.933. The number of fused-ring (bicyclic) bond motifs is 2. The lowest BCUT2D eigenvalue weighted by Crippen LogP contribution is -2.80. The molecule has 38 heavy (non-hydrogen) atoms. The number of quaternary nitrogens is 1. The molecule has 0 aromatic rings. The van der Waals surface area contributed by atoms with Crippen molar-refractivity contribution in [2.75, 3.05) is 41.0 Å². The van der Waals surface area contributed by atoms with E-state index in [-0.39, 0.29) is 29.8 Å². The van der Waals surface area contributed by atoms with E-state index < -0.39 is 63.3 Å². The van der Waals surface area contributed by atoms with E-state index in [2.05, 4.69) is 0 Å². The average Bonchev–Trinajstić information content (AvgIpc) is 3.30. The monoisotopic (exact) mass is 537 g/mol. The molecule has 6 aliphatic rings. The number of piperidine rings is 1. The molecule has 10 nitrogen and oxygen atoms in total. The maximum absolute atomic E-state index is 15.1. The van der Waals surface area contributed by atoms with Crippen molar-refractivity contribution < 1.29 is 43.0 Å². The minimum absolute atomic E-state index is 0.112. The minimum atomic E-state index is -1.12. The molecule has 6 rings (SSSR count). The number of methoxy groups -OCH3 is 3. The molecule has 1 spiro atoms. The number of aliphatic hydroxyl groups excluding tert-OH is 1. The van der Waals surface area contributed by atoms with Crippen LogP contribution in [-0.2, 0) is 33.3 Å². The van der Waals surface area contributed by atoms with Crippen LogP contribution in [0.5, 0.6) is 0 Å². The predicted molar refractivity (Wildman–Crippen MR) is 133 cm³/mol. The summed E-state index contributed by atoms with van der Waals surface area (Å²) in [5.74, 6) is -2.13. The Morgan fingerprint density at radius 3 is 2.39 bits per heavy atom. The third-order valence-corrected chi connectivity index (χ3v) is 12.0. The van der Waals surface area contributed by atoms with Crippen LogP contribution in [0.4, 0.5) is 0 Å². The Hall–Kier alpha value is -1.30. The number of likely N-dealkylation sites (tertiary alicyclic amines) is 1. The second-order valence-electron chi connectivity index (χ2n) is 13.1. The Kier molecular flexibility index (Phi) is 6.09. The fourth-order valence-corrected chi connectivity index (χ4v) is 11.7. The molecule has 14 atom stereocenters. The van der Waals surface area contributed by atoms with E-state index in [9.17, 15) is 14.7 Å². The summed E-state index contributed by atoms with van der Waals surface area (Å²) in [6.45, 7) is 5.85. The molecule has 0 aromatic heterocycles. The molecule has 5 saturated carbocycles. The van der Waals surface area contributed by atoms with Gasteiger partial charge >= 0.3 is 11.9 Å². The average molecular weight is 538 g/mol. The smallest absolute Gasteiger partial charge is 0.303 e. The number of hydrogen-bond donors (Lipinski definition) is 1. The maximum atomic E-state index is 15.1. The van der Waals surface area contributed by atoms with E-state index >= 15 is 5.21 Å². The van der Waals surface area contributed by atoms with Crippen molar-refractivity contribution in [1.29, 1.82) is 0 Å². The molecule has 0 radical (unpaired) electrons. The van der Waals surface area contributed by atoms with Crippen LogP contribution in [0.2, 0.25) is 0 Å². The van der Waals surface area contributed by atoms with Crippen LogP contribution >= 0.6 is 0 Å². The molecule has 7 bridgehead atoms. The zero-order valence-corrected chi connectivity index (χ0v) is 23.4. The Balaban J connectivity index is 1.68. The zero-order chi connectivity index (χ0) is 27.4. The summed E-state index contributed by atoms with van der Waals surface area (Å²) in [4.78, 5) is 25.3. The van der Waals surface area contributed by atoms with Gasteiger partial charge in [-0.1, -0.05) is 0 Å². The highest BCUT2D eigenvalue weighted by Crippen LogP contribution is 2.80. The van der Waals surface area contributed by atoms with Crippen molar-refractivity contribution in [3.8, 4) is 0 Å². The number of hydrogen-bond acceptors (Lipinski definition) is 9. The first kappa shape index (κ1) is 26.9. The minimum Gasteiger partial charge on any atom is -0.633 e. The number of carbonyl (C=O) groups is 2. The van der Waals surface area contributed by atoms with Gasteiger partial charge in [-0.15, -0.1) is 0 Å². The summed E-state index contributed by atoms with van der Waals surface area (Å²) in [5, 5.41) is 27.3. The molecule has 1 aliphatic heterocycles. The van der Waals surface area contributed by atoms with Crippen LogP contribution in [0.15, 0.2) is 0 Å². The second-order valence-corrected chi connectivity index (χ2v) is 13.1. The van der Waals surface area contributed by atoms with E-state index in [1.165, 1.54) is 13.8 Å². The number of hydroxylamine groups is 3. The van der Waals surface area contributed by atoms with Gasteiger partial charge in [-0.2, -0.15) is 0 Å². The fraction of sp³-hybridized carbons (Fsp3) is 0.929. The highest BCUT2D eigenvalue weighted by molar-refractivity contribution is 5.68. The van der Waals surface area contributed by atoms with Gasteiger partial charge in [0.1, 0.15) is 17.7 Å². The van der Waals surface area contributed by atoms with Crippen molar-refractivity contribution in [2.24, 2.45) is 40.4 Å². The first-order valence-corrected chi connectivity index (χ1v) is 14.2. The van der Waals surface area contributed by atoms with Crippen LogP contribution in [0, 0.1) is 45.6 Å². The maximum Gasteiger partial charge on any atom is 0.303 e. The molecule has 1 heterocycles. The lowest BCUT2D eigenvalue weighted by atomic mass is 9.43. The number of carbonyl (C=O) groups excluding carboxylic acids is 2. The third-order valence-electron chi connectivity index (χ3n) is 12.0. The first-order valence-electron chi connectivity index (χ1n) is 14.2. The van der Waals surface area contributed by atoms with Gasteiger partial charge in [0.15, 0.2) is 0 Å². The van der Waals surface area contributed by atoms with Crippen molar-refractivity contribution in [3.05, 3.63) is 5.21 Å². The molecule has 1 N–H and O–H groups in total. The second kappa shape index (κ2) is 8.60. The molecule has 214 valence electrons. The van der Waals surface area contributed by atoms with Gasteiger partial charge in [-0.3, -0.25) is 9.59 Å². The summed E-state index contributed by atoms with van der Waals surface area (Å²) in [7, 11) is 4.99. The van der Waals surface area contributed by atoms with Gasteiger partial charge < -0.3 is 38.6 Å². The number of nitrogens with zero attached hydrogens (tertiary/aromatic N) is 1. The van der Waals surface area contributed by atoms with Crippen LogP contribution in [0.3, 0.4) is 0 Å². The van der Waals surface area contributed by atoms with Crippen LogP contribution in [0.1, 0.15) is 46.5 Å². The molecule has 0 amide bonds. The first-order chi connectivity index (χ1) is 18.0. The number of ether oxygens (including phenoxy) is 5. The van der Waals surface area contributed by atoms with Crippen molar-refractivity contribution in [1.82, 2.24) is 0 Å². The van der Waals surface area contributed by atoms with Gasteiger partial charge in [-0.05, 0) is 32.1 Å². The normalized spacial score (nSPS) is 55.5. The zero-order valence-electron chi connectivity index (χ0n) is 23.4. The van der Waals surface area contributed by atoms with Gasteiger partial charge in [0.05, 0.1) is 49.3 Å². The van der Waals surface area contributed by atoms with Gasteiger partial charge in [0.25, 0.3) is 0 Å². The fourth-order valence-electron chi connectivity index (χ4n) is 11.7. The van der Waals surface area contributed by atoms with Crippen molar-refractivity contribution >= 4 is 11.9 Å². The number of rotatable bonds is 7. The molecule has 5 aliphatic carbocycles. The summed E-state index contributed by atoms with van der Waals surface area (Å²) in [6.07, 6.45) is 0.275. The summed E-state index contributed by atoms with van der Waals surface area (Å²) >= 11 is 0. The molecule has 0 aromatic carbocycles. The van der Waals surface area contributed by atoms with E-state index in [1.54, 1.807) is 21.3 Å². The molecule has 6 fully saturated rings. The largest absolute Gasteiger partial charge is 0.633 e. The summed E-state index contributed by atoms with van der Waals surface area (Å²) in [5.41, 5.74) is -2.38. The van der Waals surface area contributed by atoms with Gasteiger partial charge in [-0.25, -0.2) is 0 Å². The molecule has 1 saturated heterocycles. The van der Waals surface area contributed by atoms with Crippen LogP contribution in [0.25, 0.3) is 0 Å². The van der Waals surface area contributed by atoms with E-state index in [0.717, 1.165) is 0 Å². The molecular formula is C28H43NO9. The molecule has 10 unspecified atom stereocenters. The quantitative estimate of drug-likeness (QED) is 0.293. The van der Waals surface area contributed by atoms with Crippen LogP contribution in [-0.4, -0.2) is 98.8 Å². The standard InChI is InChI=1S/C28H43NO9/c1-7-29(33)12-26(13-34-4)9-8-19(32)28-17-10-16-18(35-5)11-27(38-15(3)31,20(17)22(16)37-14(2)30)21(25(28)29)23(36-6)24(26)28/h16-25,32H,7-13H2,1-6H3/t16-,17?,18?,19?,20?,21?,22+,23?,24?,25?,26?,27-,28+,29?/m1/s1. The number of esters is 2. The van der Waals surface area contributed by atoms with Crippen molar-refractivity contribution in [3.63, 3.8) is 0 Å². The summed E-state index contributed by atoms with van der Waals surface area (Å²) in [6, 6.07) is -0.518. The van der Waals surface area contributed by atoms with E-state index in [1.807, 2.05) is 6.92 Å². The van der Waals surface area contributed by atoms with Gasteiger partial charge in [0, 0.05) is 64.8 Å². The van der Waals surface area contributed by atoms with E-state index in [0.29, 0.717) is 45.4 Å². The highest BCUT2D eigenvalue weighted by atomic mass is 16.6. The predicted octanol–water partition coefficient (Wildman–Crippen LogP) is 1.66. The molecular weight excluding hydrogens is 494 g/mol. The lowest BCUT2D eigenvalue weighted by Gasteiger charge is -2.72. The Morgan fingerprint density at radius 1 is 1.08 bits per heavy atom.